The molecule has 0 bridgehead atoms. The Hall–Kier alpha value is -1.29. The van der Waals surface area contributed by atoms with Gasteiger partial charge < -0.3 is 15.0 Å². The van der Waals surface area contributed by atoms with Gasteiger partial charge in [-0.15, -0.1) is 0 Å². The fourth-order valence-corrected chi connectivity index (χ4v) is 2.61. The third kappa shape index (κ3) is 3.83. The molecule has 4 nitrogen and oxygen atoms in total. The molecule has 2 heterocycles. The van der Waals surface area contributed by atoms with Crippen LogP contribution in [0.3, 0.4) is 0 Å². The summed E-state index contributed by atoms with van der Waals surface area (Å²) in [6.45, 7) is 6.56. The smallest absolute Gasteiger partial charge is 0.214 e. The summed E-state index contributed by atoms with van der Waals surface area (Å²) >= 11 is 0. The average molecular weight is 263 g/mol. The van der Waals surface area contributed by atoms with Crippen molar-refractivity contribution >= 4 is 5.69 Å². The van der Waals surface area contributed by atoms with Gasteiger partial charge in [-0.05, 0) is 25.3 Å². The molecule has 1 N–H and O–H groups in total. The number of nitrogens with zero attached hydrogens (tertiary/aromatic N) is 2. The second-order valence-electron chi connectivity index (χ2n) is 5.46. The van der Waals surface area contributed by atoms with Crippen LogP contribution < -0.4 is 15.0 Å². The van der Waals surface area contributed by atoms with Crippen LogP contribution in [-0.4, -0.2) is 37.3 Å². The number of aromatic nitrogens is 1. The second kappa shape index (κ2) is 6.75. The molecule has 1 aliphatic heterocycles. The van der Waals surface area contributed by atoms with E-state index >= 15 is 0 Å². The average Bonchev–Trinajstić information content (AvgIpc) is 2.45. The molecule has 0 radical (unpaired) electrons. The number of pyridine rings is 1. The molecular formula is C15H25N3O. The van der Waals surface area contributed by atoms with Gasteiger partial charge in [-0.25, -0.2) is 4.98 Å². The van der Waals surface area contributed by atoms with Gasteiger partial charge >= 0.3 is 0 Å². The Labute approximate surface area is 116 Å². The van der Waals surface area contributed by atoms with Gasteiger partial charge in [0.25, 0.3) is 0 Å². The Kier molecular flexibility index (Phi) is 5.02. The lowest BCUT2D eigenvalue weighted by molar-refractivity contribution is 0.395. The van der Waals surface area contributed by atoms with E-state index in [1.807, 2.05) is 12.3 Å². The van der Waals surface area contributed by atoms with E-state index in [1.165, 1.54) is 24.9 Å². The molecule has 0 amide bonds. The molecule has 1 unspecified atom stereocenters. The lowest BCUT2D eigenvalue weighted by Gasteiger charge is -2.38. The summed E-state index contributed by atoms with van der Waals surface area (Å²) in [5, 5.41) is 3.55. The van der Waals surface area contributed by atoms with Crippen molar-refractivity contribution in [2.24, 2.45) is 0 Å². The molecule has 1 atom stereocenters. The highest BCUT2D eigenvalue weighted by molar-refractivity contribution is 5.49. The van der Waals surface area contributed by atoms with E-state index in [4.69, 9.17) is 4.74 Å². The molecule has 0 aromatic carbocycles. The van der Waals surface area contributed by atoms with Crippen LogP contribution in [0.25, 0.3) is 0 Å². The Balaban J connectivity index is 2.09. The Bertz CT molecular complexity index is 395. The summed E-state index contributed by atoms with van der Waals surface area (Å²) in [6, 6.07) is 5.23. The maximum Gasteiger partial charge on any atom is 0.214 e. The van der Waals surface area contributed by atoms with Crippen LogP contribution in [-0.2, 0) is 0 Å². The van der Waals surface area contributed by atoms with E-state index < -0.39 is 0 Å². The summed E-state index contributed by atoms with van der Waals surface area (Å²) in [4.78, 5) is 6.68. The van der Waals surface area contributed by atoms with Crippen LogP contribution in [0.1, 0.15) is 33.1 Å². The van der Waals surface area contributed by atoms with Crippen molar-refractivity contribution < 1.29 is 4.74 Å². The molecule has 1 aromatic heterocycles. The lowest BCUT2D eigenvalue weighted by atomic mass is 10.0. The van der Waals surface area contributed by atoms with Crippen LogP contribution in [0.15, 0.2) is 18.3 Å². The summed E-state index contributed by atoms with van der Waals surface area (Å²) in [6.07, 6.45) is 5.67. The molecule has 1 fully saturated rings. The highest BCUT2D eigenvalue weighted by Crippen LogP contribution is 2.26. The Morgan fingerprint density at radius 1 is 1.47 bits per heavy atom. The predicted molar refractivity (Wildman–Crippen MR) is 78.9 cm³/mol. The number of methoxy groups -OCH3 is 1. The first kappa shape index (κ1) is 14.1. The minimum atomic E-state index is 0.538. The van der Waals surface area contributed by atoms with Crippen molar-refractivity contribution in [3.63, 3.8) is 0 Å². The molecular weight excluding hydrogens is 238 g/mol. The molecule has 0 spiro atoms. The van der Waals surface area contributed by atoms with Crippen molar-refractivity contribution in [3.8, 4) is 5.88 Å². The zero-order chi connectivity index (χ0) is 13.7. The van der Waals surface area contributed by atoms with Crippen LogP contribution in [0.5, 0.6) is 5.88 Å². The van der Waals surface area contributed by atoms with Crippen molar-refractivity contribution in [2.75, 3.05) is 25.1 Å². The van der Waals surface area contributed by atoms with Crippen LogP contribution in [0.2, 0.25) is 0 Å². The molecule has 0 aliphatic carbocycles. The van der Waals surface area contributed by atoms with Gasteiger partial charge in [-0.2, -0.15) is 0 Å². The van der Waals surface area contributed by atoms with E-state index in [0.717, 1.165) is 13.1 Å². The predicted octanol–water partition coefficient (Wildman–Crippen LogP) is 2.45. The lowest BCUT2D eigenvalue weighted by Crippen LogP contribution is -2.47. The highest BCUT2D eigenvalue weighted by atomic mass is 16.5. The fraction of sp³-hybridized carbons (Fsp3) is 0.667. The van der Waals surface area contributed by atoms with E-state index in [-0.39, 0.29) is 0 Å². The molecule has 19 heavy (non-hydrogen) atoms. The summed E-state index contributed by atoms with van der Waals surface area (Å²) in [7, 11) is 1.67. The van der Waals surface area contributed by atoms with Crippen molar-refractivity contribution in [2.45, 2.75) is 45.2 Å². The third-order valence-corrected chi connectivity index (χ3v) is 3.65. The number of nitrogens with one attached hydrogen (secondary N) is 1. The summed E-state index contributed by atoms with van der Waals surface area (Å²) in [5.74, 6) is 0.693. The van der Waals surface area contributed by atoms with Gasteiger partial charge in [0.2, 0.25) is 5.88 Å². The van der Waals surface area contributed by atoms with Crippen molar-refractivity contribution in [1.82, 2.24) is 10.3 Å². The molecule has 1 aromatic rings. The largest absolute Gasteiger partial charge is 0.481 e. The summed E-state index contributed by atoms with van der Waals surface area (Å²) < 4.78 is 5.23. The normalized spacial score (nSPS) is 19.8. The second-order valence-corrected chi connectivity index (χ2v) is 5.46. The maximum absolute atomic E-state index is 5.23. The van der Waals surface area contributed by atoms with Gasteiger partial charge in [0.05, 0.1) is 7.11 Å². The van der Waals surface area contributed by atoms with E-state index in [9.17, 15) is 0 Å². The Morgan fingerprint density at radius 3 is 3.05 bits per heavy atom. The van der Waals surface area contributed by atoms with Gasteiger partial charge in [0.15, 0.2) is 0 Å². The number of piperidine rings is 1. The first-order valence-electron chi connectivity index (χ1n) is 7.20. The van der Waals surface area contributed by atoms with Crippen LogP contribution >= 0.6 is 0 Å². The molecule has 1 aliphatic rings. The Morgan fingerprint density at radius 2 is 2.32 bits per heavy atom. The first-order chi connectivity index (χ1) is 9.20. The summed E-state index contributed by atoms with van der Waals surface area (Å²) in [5.41, 5.74) is 1.22. The van der Waals surface area contributed by atoms with Gasteiger partial charge in [-0.1, -0.05) is 13.8 Å². The van der Waals surface area contributed by atoms with E-state index in [2.05, 4.69) is 35.1 Å². The van der Waals surface area contributed by atoms with Crippen LogP contribution in [0.4, 0.5) is 5.69 Å². The van der Waals surface area contributed by atoms with Gasteiger partial charge in [0, 0.05) is 43.1 Å². The highest BCUT2D eigenvalue weighted by Gasteiger charge is 2.23. The van der Waals surface area contributed by atoms with Crippen molar-refractivity contribution in [1.29, 1.82) is 0 Å². The molecule has 4 heteroatoms. The number of anilines is 1. The molecule has 2 rings (SSSR count). The number of hydrogen-bond donors (Lipinski definition) is 1. The number of rotatable bonds is 5. The molecule has 1 saturated heterocycles. The minimum absolute atomic E-state index is 0.538. The standard InChI is InChI=1S/C15H25N3O/c1-12(2)17-11-14-6-4-5-9-18(14)13-7-8-16-15(10-13)19-3/h7-8,10,12,14,17H,4-6,9,11H2,1-3H3. The number of ether oxygens (including phenoxy) is 1. The minimum Gasteiger partial charge on any atom is -0.481 e. The van der Waals surface area contributed by atoms with Crippen LogP contribution in [0, 0.1) is 0 Å². The zero-order valence-corrected chi connectivity index (χ0v) is 12.2. The van der Waals surface area contributed by atoms with Crippen molar-refractivity contribution in [3.05, 3.63) is 18.3 Å². The third-order valence-electron chi connectivity index (χ3n) is 3.65. The fourth-order valence-electron chi connectivity index (χ4n) is 2.61. The molecule has 0 saturated carbocycles. The number of hydrogen-bond acceptors (Lipinski definition) is 4. The quantitative estimate of drug-likeness (QED) is 0.885. The topological polar surface area (TPSA) is 37.4 Å². The van der Waals surface area contributed by atoms with Gasteiger partial charge in [0.1, 0.15) is 0 Å². The maximum atomic E-state index is 5.23. The first-order valence-corrected chi connectivity index (χ1v) is 7.20. The monoisotopic (exact) mass is 263 g/mol. The molecule has 106 valence electrons. The SMILES string of the molecule is COc1cc(N2CCCCC2CNC(C)C)ccn1. The van der Waals surface area contributed by atoms with E-state index in [0.29, 0.717) is 18.0 Å². The van der Waals surface area contributed by atoms with E-state index in [1.54, 1.807) is 7.11 Å². The zero-order valence-electron chi connectivity index (χ0n) is 12.2. The van der Waals surface area contributed by atoms with Gasteiger partial charge in [-0.3, -0.25) is 0 Å².